The molecule has 2 rings (SSSR count). The van der Waals surface area contributed by atoms with Crippen molar-refractivity contribution in [1.29, 1.82) is 0 Å². The SMILES string of the molecule is CC(C)C(NC(=O)C1CC1)c1ccccn1. The lowest BCUT2D eigenvalue weighted by molar-refractivity contribution is -0.123. The maximum absolute atomic E-state index is 11.8. The van der Waals surface area contributed by atoms with E-state index in [2.05, 4.69) is 24.1 Å². The number of carbonyl (C=O) groups is 1. The topological polar surface area (TPSA) is 42.0 Å². The summed E-state index contributed by atoms with van der Waals surface area (Å²) in [5.74, 6) is 0.798. The van der Waals surface area contributed by atoms with Gasteiger partial charge in [-0.25, -0.2) is 0 Å². The van der Waals surface area contributed by atoms with Gasteiger partial charge in [-0.05, 0) is 30.9 Å². The Hall–Kier alpha value is -1.38. The van der Waals surface area contributed by atoms with E-state index in [1.54, 1.807) is 6.20 Å². The van der Waals surface area contributed by atoms with E-state index in [0.717, 1.165) is 18.5 Å². The summed E-state index contributed by atoms with van der Waals surface area (Å²) in [5, 5.41) is 3.09. The molecule has 3 heteroatoms. The minimum Gasteiger partial charge on any atom is -0.347 e. The quantitative estimate of drug-likeness (QED) is 0.842. The lowest BCUT2D eigenvalue weighted by atomic mass is 10.00. The van der Waals surface area contributed by atoms with Gasteiger partial charge in [0.05, 0.1) is 11.7 Å². The molecule has 1 saturated carbocycles. The molecule has 1 aliphatic rings. The molecular formula is C13H18N2O. The van der Waals surface area contributed by atoms with Crippen molar-refractivity contribution in [1.82, 2.24) is 10.3 Å². The van der Waals surface area contributed by atoms with Gasteiger partial charge < -0.3 is 5.32 Å². The Morgan fingerprint density at radius 2 is 2.19 bits per heavy atom. The fourth-order valence-corrected chi connectivity index (χ4v) is 1.76. The number of nitrogens with zero attached hydrogens (tertiary/aromatic N) is 1. The molecule has 0 aliphatic heterocycles. The molecule has 0 bridgehead atoms. The van der Waals surface area contributed by atoms with Crippen molar-refractivity contribution in [3.63, 3.8) is 0 Å². The van der Waals surface area contributed by atoms with Crippen molar-refractivity contribution >= 4 is 5.91 Å². The number of nitrogens with one attached hydrogen (secondary N) is 1. The largest absolute Gasteiger partial charge is 0.347 e. The standard InChI is InChI=1S/C13H18N2O/c1-9(2)12(11-5-3-4-8-14-11)15-13(16)10-6-7-10/h3-5,8-10,12H,6-7H2,1-2H3,(H,15,16). The molecule has 1 amide bonds. The average molecular weight is 218 g/mol. The Bertz CT molecular complexity index is 357. The van der Waals surface area contributed by atoms with Crippen molar-refractivity contribution in [2.24, 2.45) is 11.8 Å². The lowest BCUT2D eigenvalue weighted by Gasteiger charge is -2.21. The second kappa shape index (κ2) is 4.64. The van der Waals surface area contributed by atoms with Gasteiger partial charge in [-0.3, -0.25) is 9.78 Å². The van der Waals surface area contributed by atoms with Gasteiger partial charge in [0.2, 0.25) is 5.91 Å². The highest BCUT2D eigenvalue weighted by Crippen LogP contribution is 2.30. The van der Waals surface area contributed by atoms with Gasteiger partial charge in [-0.15, -0.1) is 0 Å². The zero-order valence-corrected chi connectivity index (χ0v) is 9.81. The summed E-state index contributed by atoms with van der Waals surface area (Å²) in [7, 11) is 0. The van der Waals surface area contributed by atoms with E-state index in [0.29, 0.717) is 5.92 Å². The first-order valence-electron chi connectivity index (χ1n) is 5.90. The molecule has 1 aromatic rings. The molecule has 1 heterocycles. The number of rotatable bonds is 4. The molecule has 1 fully saturated rings. The van der Waals surface area contributed by atoms with Crippen LogP contribution in [0.3, 0.4) is 0 Å². The molecule has 1 aliphatic carbocycles. The Labute approximate surface area is 96.3 Å². The number of pyridine rings is 1. The second-order valence-electron chi connectivity index (χ2n) is 4.76. The van der Waals surface area contributed by atoms with Gasteiger partial charge in [0.1, 0.15) is 0 Å². The van der Waals surface area contributed by atoms with Crippen molar-refractivity contribution < 1.29 is 4.79 Å². The summed E-state index contributed by atoms with van der Waals surface area (Å²) in [6.45, 7) is 4.21. The average Bonchev–Trinajstić information content (AvgIpc) is 3.10. The molecule has 1 aromatic heterocycles. The molecule has 0 radical (unpaired) electrons. The Morgan fingerprint density at radius 3 is 2.69 bits per heavy atom. The first kappa shape index (κ1) is 11.1. The molecule has 0 spiro atoms. The van der Waals surface area contributed by atoms with Crippen LogP contribution in [-0.2, 0) is 4.79 Å². The van der Waals surface area contributed by atoms with E-state index in [4.69, 9.17) is 0 Å². The molecule has 3 nitrogen and oxygen atoms in total. The van der Waals surface area contributed by atoms with Crippen molar-refractivity contribution in [2.45, 2.75) is 32.7 Å². The van der Waals surface area contributed by atoms with E-state index < -0.39 is 0 Å². The third-order valence-corrected chi connectivity index (χ3v) is 2.92. The van der Waals surface area contributed by atoms with E-state index >= 15 is 0 Å². The van der Waals surface area contributed by atoms with E-state index in [9.17, 15) is 4.79 Å². The van der Waals surface area contributed by atoms with Crippen LogP contribution in [0.1, 0.15) is 38.4 Å². The molecule has 86 valence electrons. The minimum absolute atomic E-state index is 0.0364. The highest BCUT2D eigenvalue weighted by atomic mass is 16.2. The number of aromatic nitrogens is 1. The van der Waals surface area contributed by atoms with Crippen LogP contribution in [0.2, 0.25) is 0 Å². The van der Waals surface area contributed by atoms with E-state index in [1.165, 1.54) is 0 Å². The van der Waals surface area contributed by atoms with E-state index in [-0.39, 0.29) is 17.9 Å². The Kier molecular flexibility index (Phi) is 3.22. The van der Waals surface area contributed by atoms with Gasteiger partial charge in [-0.2, -0.15) is 0 Å². The summed E-state index contributed by atoms with van der Waals surface area (Å²) in [6.07, 6.45) is 3.85. The fourth-order valence-electron chi connectivity index (χ4n) is 1.76. The first-order valence-corrected chi connectivity index (χ1v) is 5.90. The smallest absolute Gasteiger partial charge is 0.223 e. The van der Waals surface area contributed by atoms with Crippen LogP contribution in [0, 0.1) is 11.8 Å². The molecule has 16 heavy (non-hydrogen) atoms. The van der Waals surface area contributed by atoms with Crippen LogP contribution in [0.15, 0.2) is 24.4 Å². The third kappa shape index (κ3) is 2.60. The van der Waals surface area contributed by atoms with Crippen LogP contribution in [0.4, 0.5) is 0 Å². The van der Waals surface area contributed by atoms with Gasteiger partial charge in [0, 0.05) is 12.1 Å². The Balaban J connectivity index is 2.08. The zero-order valence-electron chi connectivity index (χ0n) is 9.81. The first-order chi connectivity index (χ1) is 7.68. The fraction of sp³-hybridized carbons (Fsp3) is 0.538. The van der Waals surface area contributed by atoms with Crippen LogP contribution in [0.5, 0.6) is 0 Å². The minimum atomic E-state index is 0.0364. The van der Waals surface area contributed by atoms with Crippen LogP contribution in [-0.4, -0.2) is 10.9 Å². The summed E-state index contributed by atoms with van der Waals surface area (Å²) in [5.41, 5.74) is 0.950. The summed E-state index contributed by atoms with van der Waals surface area (Å²) in [4.78, 5) is 16.1. The molecule has 0 aromatic carbocycles. The summed E-state index contributed by atoms with van der Waals surface area (Å²) >= 11 is 0. The van der Waals surface area contributed by atoms with Gasteiger partial charge >= 0.3 is 0 Å². The number of amides is 1. The number of hydrogen-bond donors (Lipinski definition) is 1. The van der Waals surface area contributed by atoms with Gasteiger partial charge in [-0.1, -0.05) is 19.9 Å². The molecule has 1 unspecified atom stereocenters. The second-order valence-corrected chi connectivity index (χ2v) is 4.76. The molecule has 1 atom stereocenters. The van der Waals surface area contributed by atoms with Crippen molar-refractivity contribution in [2.75, 3.05) is 0 Å². The van der Waals surface area contributed by atoms with Gasteiger partial charge in [0.25, 0.3) is 0 Å². The molecular weight excluding hydrogens is 200 g/mol. The van der Waals surface area contributed by atoms with Crippen LogP contribution >= 0.6 is 0 Å². The lowest BCUT2D eigenvalue weighted by Crippen LogP contribution is -2.33. The normalized spacial score (nSPS) is 17.2. The van der Waals surface area contributed by atoms with Crippen molar-refractivity contribution in [3.8, 4) is 0 Å². The van der Waals surface area contributed by atoms with E-state index in [1.807, 2.05) is 18.2 Å². The summed E-state index contributed by atoms with van der Waals surface area (Å²) < 4.78 is 0. The van der Waals surface area contributed by atoms with Gasteiger partial charge in [0.15, 0.2) is 0 Å². The highest BCUT2D eigenvalue weighted by Gasteiger charge is 2.32. The monoisotopic (exact) mass is 218 g/mol. The predicted molar refractivity (Wildman–Crippen MR) is 62.7 cm³/mol. The molecule has 0 saturated heterocycles. The predicted octanol–water partition coefficient (Wildman–Crippen LogP) is 2.30. The number of hydrogen-bond acceptors (Lipinski definition) is 2. The maximum atomic E-state index is 11.8. The third-order valence-electron chi connectivity index (χ3n) is 2.92. The van der Waals surface area contributed by atoms with Crippen LogP contribution in [0.25, 0.3) is 0 Å². The maximum Gasteiger partial charge on any atom is 0.223 e. The highest BCUT2D eigenvalue weighted by molar-refractivity contribution is 5.81. The Morgan fingerprint density at radius 1 is 1.44 bits per heavy atom. The van der Waals surface area contributed by atoms with Crippen LogP contribution < -0.4 is 5.32 Å². The summed E-state index contributed by atoms with van der Waals surface area (Å²) in [6, 6.07) is 5.86. The number of carbonyl (C=O) groups excluding carboxylic acids is 1. The van der Waals surface area contributed by atoms with Crippen molar-refractivity contribution in [3.05, 3.63) is 30.1 Å². The zero-order chi connectivity index (χ0) is 11.5. The molecule has 1 N–H and O–H groups in total.